The fourth-order valence-electron chi connectivity index (χ4n) is 2.90. The molecule has 142 valence electrons. The molecule has 1 aliphatic heterocycles. The number of aryl methyl sites for hydroxylation is 1. The Kier molecular flexibility index (Phi) is 8.27. The first kappa shape index (κ1) is 20.6. The summed E-state index contributed by atoms with van der Waals surface area (Å²) >= 11 is 0. The van der Waals surface area contributed by atoms with E-state index in [1.165, 1.54) is 37.8 Å². The molecular weight excluding hydrogens is 448 g/mol. The predicted molar refractivity (Wildman–Crippen MR) is 110 cm³/mol. The van der Waals surface area contributed by atoms with Crippen LogP contribution in [-0.4, -0.2) is 40.6 Å². The summed E-state index contributed by atoms with van der Waals surface area (Å²) in [6.45, 7) is 2.64. The number of nitrogens with two attached hydrogens (primary N) is 1. The van der Waals surface area contributed by atoms with E-state index in [9.17, 15) is 4.39 Å². The minimum atomic E-state index is -0.285. The molecule has 6 nitrogen and oxygen atoms in total. The third-order valence-electron chi connectivity index (χ3n) is 4.32. The third-order valence-corrected chi connectivity index (χ3v) is 4.32. The van der Waals surface area contributed by atoms with Crippen molar-refractivity contribution in [2.24, 2.45) is 10.7 Å². The van der Waals surface area contributed by atoms with Gasteiger partial charge in [-0.2, -0.15) is 4.98 Å². The second-order valence-electron chi connectivity index (χ2n) is 6.26. The normalized spacial score (nSPS) is 15.4. The summed E-state index contributed by atoms with van der Waals surface area (Å²) in [6, 6.07) is 6.03. The number of hydrogen-bond acceptors (Lipinski definition) is 4. The van der Waals surface area contributed by atoms with E-state index in [-0.39, 0.29) is 29.8 Å². The molecule has 1 saturated heterocycles. The maximum Gasteiger partial charge on any atom is 0.227 e. The van der Waals surface area contributed by atoms with Crippen molar-refractivity contribution in [1.82, 2.24) is 15.0 Å². The molecule has 2 heterocycles. The molecule has 0 saturated carbocycles. The third kappa shape index (κ3) is 5.93. The van der Waals surface area contributed by atoms with Crippen LogP contribution in [0.5, 0.6) is 0 Å². The number of likely N-dealkylation sites (tertiary alicyclic amines) is 1. The minimum Gasteiger partial charge on any atom is -0.370 e. The second-order valence-corrected chi connectivity index (χ2v) is 6.26. The molecule has 0 aliphatic carbocycles. The Labute approximate surface area is 170 Å². The highest BCUT2D eigenvalue weighted by atomic mass is 127. The van der Waals surface area contributed by atoms with Gasteiger partial charge in [0.2, 0.25) is 11.7 Å². The highest BCUT2D eigenvalue weighted by Crippen LogP contribution is 2.16. The molecule has 0 radical (unpaired) electrons. The molecule has 1 aromatic heterocycles. The second kappa shape index (κ2) is 10.4. The van der Waals surface area contributed by atoms with Crippen LogP contribution >= 0.6 is 24.0 Å². The molecule has 0 atom stereocenters. The van der Waals surface area contributed by atoms with E-state index in [2.05, 4.69) is 20.0 Å². The van der Waals surface area contributed by atoms with Crippen LogP contribution in [0.1, 0.15) is 38.0 Å². The molecule has 0 amide bonds. The molecule has 3 rings (SSSR count). The molecule has 1 fully saturated rings. The Bertz CT molecular complexity index is 696. The number of nitrogens with zero attached hydrogens (tertiary/aromatic N) is 4. The molecule has 1 aliphatic rings. The van der Waals surface area contributed by atoms with Gasteiger partial charge in [0.05, 0.1) is 0 Å². The van der Waals surface area contributed by atoms with Crippen molar-refractivity contribution >= 4 is 29.9 Å². The topological polar surface area (TPSA) is 80.5 Å². The van der Waals surface area contributed by atoms with Crippen LogP contribution in [0.2, 0.25) is 0 Å². The van der Waals surface area contributed by atoms with Crippen LogP contribution in [0.25, 0.3) is 11.4 Å². The van der Waals surface area contributed by atoms with E-state index in [1.54, 1.807) is 12.1 Å². The number of benzene rings is 1. The number of hydrogen-bond donors (Lipinski definition) is 1. The number of halogens is 2. The smallest absolute Gasteiger partial charge is 0.227 e. The van der Waals surface area contributed by atoms with Gasteiger partial charge in [-0.1, -0.05) is 18.0 Å². The zero-order chi connectivity index (χ0) is 17.5. The summed E-state index contributed by atoms with van der Waals surface area (Å²) in [5, 5.41) is 3.94. The fraction of sp³-hybridized carbons (Fsp3) is 0.500. The Morgan fingerprint density at radius 1 is 1.15 bits per heavy atom. The highest BCUT2D eigenvalue weighted by Gasteiger charge is 2.11. The summed E-state index contributed by atoms with van der Waals surface area (Å²) in [5.41, 5.74) is 6.82. The first-order valence-electron chi connectivity index (χ1n) is 8.86. The van der Waals surface area contributed by atoms with Crippen LogP contribution in [0.15, 0.2) is 33.8 Å². The van der Waals surface area contributed by atoms with Gasteiger partial charge in [-0.15, -0.1) is 24.0 Å². The maximum atomic E-state index is 12.9. The molecule has 26 heavy (non-hydrogen) atoms. The standard InChI is InChI=1S/C18H24FN5O.HI/c19-15-9-7-14(8-10-15)17-22-16(25-23-17)6-5-11-21-18(20)24-12-3-1-2-4-13-24;/h7-10H,1-6,11-13H2,(H2,20,21);1H. The van der Waals surface area contributed by atoms with Gasteiger partial charge < -0.3 is 15.2 Å². The lowest BCUT2D eigenvalue weighted by molar-refractivity contribution is 0.376. The Hall–Kier alpha value is -1.71. The molecule has 2 aromatic rings. The summed E-state index contributed by atoms with van der Waals surface area (Å²) in [6.07, 6.45) is 6.36. The van der Waals surface area contributed by atoms with Crippen molar-refractivity contribution in [3.05, 3.63) is 36.0 Å². The van der Waals surface area contributed by atoms with Crippen molar-refractivity contribution in [3.63, 3.8) is 0 Å². The van der Waals surface area contributed by atoms with Crippen LogP contribution in [0.3, 0.4) is 0 Å². The first-order chi connectivity index (χ1) is 12.2. The van der Waals surface area contributed by atoms with Crippen molar-refractivity contribution in [2.45, 2.75) is 38.5 Å². The molecule has 1 aromatic carbocycles. The maximum absolute atomic E-state index is 12.9. The van der Waals surface area contributed by atoms with Gasteiger partial charge in [-0.25, -0.2) is 4.39 Å². The van der Waals surface area contributed by atoms with E-state index in [1.807, 2.05) is 0 Å². The molecule has 0 spiro atoms. The summed E-state index contributed by atoms with van der Waals surface area (Å²) in [5.74, 6) is 1.39. The number of aromatic nitrogens is 2. The van der Waals surface area contributed by atoms with Crippen molar-refractivity contribution in [2.75, 3.05) is 19.6 Å². The van der Waals surface area contributed by atoms with E-state index in [0.29, 0.717) is 30.6 Å². The predicted octanol–water partition coefficient (Wildman–Crippen LogP) is 3.62. The lowest BCUT2D eigenvalue weighted by Gasteiger charge is -2.20. The SMILES string of the molecule is I.NC(=NCCCc1nc(-c2ccc(F)cc2)no1)N1CCCCCC1. The minimum absolute atomic E-state index is 0. The van der Waals surface area contributed by atoms with Crippen molar-refractivity contribution in [3.8, 4) is 11.4 Å². The summed E-state index contributed by atoms with van der Waals surface area (Å²) < 4.78 is 18.2. The number of aliphatic imine (C=N–C) groups is 1. The Balaban J connectivity index is 0.00000243. The largest absolute Gasteiger partial charge is 0.370 e. The Morgan fingerprint density at radius 3 is 2.54 bits per heavy atom. The number of rotatable bonds is 5. The van der Waals surface area contributed by atoms with Gasteiger partial charge in [0, 0.05) is 31.6 Å². The lowest BCUT2D eigenvalue weighted by atomic mass is 10.2. The van der Waals surface area contributed by atoms with Gasteiger partial charge in [-0.05, 0) is 43.5 Å². The fourth-order valence-corrected chi connectivity index (χ4v) is 2.90. The molecule has 0 bridgehead atoms. The van der Waals surface area contributed by atoms with E-state index >= 15 is 0 Å². The monoisotopic (exact) mass is 473 g/mol. The molecule has 2 N–H and O–H groups in total. The quantitative estimate of drug-likeness (QED) is 0.311. The van der Waals surface area contributed by atoms with Crippen molar-refractivity contribution < 1.29 is 8.91 Å². The molecule has 8 heteroatoms. The van der Waals surface area contributed by atoms with Crippen molar-refractivity contribution in [1.29, 1.82) is 0 Å². The zero-order valence-electron chi connectivity index (χ0n) is 14.7. The van der Waals surface area contributed by atoms with Gasteiger partial charge in [-0.3, -0.25) is 4.99 Å². The number of guanidine groups is 1. The molecular formula is C18H25FIN5O. The average molecular weight is 473 g/mol. The average Bonchev–Trinajstić information content (AvgIpc) is 2.92. The van der Waals surface area contributed by atoms with E-state index in [0.717, 1.165) is 25.1 Å². The van der Waals surface area contributed by atoms with Gasteiger partial charge in [0.25, 0.3) is 0 Å². The Morgan fingerprint density at radius 2 is 1.85 bits per heavy atom. The van der Waals surface area contributed by atoms with E-state index in [4.69, 9.17) is 10.3 Å². The van der Waals surface area contributed by atoms with Crippen LogP contribution in [-0.2, 0) is 6.42 Å². The lowest BCUT2D eigenvalue weighted by Crippen LogP contribution is -2.38. The van der Waals surface area contributed by atoms with Crippen LogP contribution in [0.4, 0.5) is 4.39 Å². The van der Waals surface area contributed by atoms with Crippen LogP contribution < -0.4 is 5.73 Å². The van der Waals surface area contributed by atoms with Gasteiger partial charge in [0.1, 0.15) is 5.82 Å². The highest BCUT2D eigenvalue weighted by molar-refractivity contribution is 14.0. The summed E-state index contributed by atoms with van der Waals surface area (Å²) in [4.78, 5) is 11.0. The van der Waals surface area contributed by atoms with Gasteiger partial charge in [0.15, 0.2) is 5.96 Å². The first-order valence-corrected chi connectivity index (χ1v) is 8.86. The van der Waals surface area contributed by atoms with Gasteiger partial charge >= 0.3 is 0 Å². The van der Waals surface area contributed by atoms with E-state index < -0.39 is 0 Å². The zero-order valence-corrected chi connectivity index (χ0v) is 17.1. The molecule has 0 unspecified atom stereocenters. The summed E-state index contributed by atoms with van der Waals surface area (Å²) in [7, 11) is 0. The van der Waals surface area contributed by atoms with Crippen LogP contribution in [0, 0.1) is 5.82 Å².